The van der Waals surface area contributed by atoms with Crippen LogP contribution in [0.25, 0.3) is 16.6 Å². The molecule has 1 aliphatic rings. The largest absolute Gasteiger partial charge is 0.361 e. The predicted molar refractivity (Wildman–Crippen MR) is 115 cm³/mol. The van der Waals surface area contributed by atoms with Crippen molar-refractivity contribution in [2.75, 3.05) is 6.54 Å². The second kappa shape index (κ2) is 7.24. The van der Waals surface area contributed by atoms with Gasteiger partial charge in [0.15, 0.2) is 5.69 Å². The molecule has 0 radical (unpaired) electrons. The molecule has 146 valence electrons. The number of aromatic nitrogens is 3. The van der Waals surface area contributed by atoms with Gasteiger partial charge in [0.1, 0.15) is 0 Å². The fourth-order valence-corrected chi connectivity index (χ4v) is 4.35. The summed E-state index contributed by atoms with van der Waals surface area (Å²) in [5.41, 5.74) is 7.44. The Balaban J connectivity index is 1.35. The lowest BCUT2D eigenvalue weighted by Gasteiger charge is -2.08. The molecule has 2 heterocycles. The van der Waals surface area contributed by atoms with Crippen molar-refractivity contribution in [1.82, 2.24) is 20.1 Å². The summed E-state index contributed by atoms with van der Waals surface area (Å²) >= 11 is 0. The van der Waals surface area contributed by atoms with Crippen molar-refractivity contribution in [2.24, 2.45) is 0 Å². The molecule has 1 amide bonds. The van der Waals surface area contributed by atoms with Crippen LogP contribution in [0.4, 0.5) is 0 Å². The van der Waals surface area contributed by atoms with Gasteiger partial charge in [-0.3, -0.25) is 4.79 Å². The van der Waals surface area contributed by atoms with Gasteiger partial charge in [-0.05, 0) is 55.9 Å². The number of fused-ring (bicyclic) bond motifs is 2. The highest BCUT2D eigenvalue weighted by atomic mass is 16.1. The molecule has 0 saturated carbocycles. The number of amides is 1. The molecule has 0 atom stereocenters. The van der Waals surface area contributed by atoms with E-state index in [1.807, 2.05) is 35.1 Å². The number of aromatic amines is 1. The summed E-state index contributed by atoms with van der Waals surface area (Å²) in [4.78, 5) is 16.2. The van der Waals surface area contributed by atoms with Crippen molar-refractivity contribution in [3.63, 3.8) is 0 Å². The van der Waals surface area contributed by atoms with Crippen molar-refractivity contribution in [1.29, 1.82) is 0 Å². The summed E-state index contributed by atoms with van der Waals surface area (Å²) in [5, 5.41) is 9.02. The summed E-state index contributed by atoms with van der Waals surface area (Å²) in [6, 6.07) is 16.4. The summed E-state index contributed by atoms with van der Waals surface area (Å²) in [6.45, 7) is 2.67. The van der Waals surface area contributed by atoms with Crippen LogP contribution in [0.3, 0.4) is 0 Å². The standard InChI is InChI=1S/C24H24N4O/c1-16-7-2-5-11-21(16)28-22-12-6-9-19(22)23(27-28)24(29)25-14-13-17-15-26-20-10-4-3-8-18(17)20/h2-5,7-8,10-11,15,26H,6,9,12-14H2,1H3,(H,25,29). The molecule has 0 aliphatic heterocycles. The molecule has 2 N–H and O–H groups in total. The third-order valence-corrected chi connectivity index (χ3v) is 5.84. The predicted octanol–water partition coefficient (Wildman–Crippen LogP) is 4.12. The Bertz CT molecular complexity index is 1200. The van der Waals surface area contributed by atoms with Gasteiger partial charge in [-0.2, -0.15) is 5.10 Å². The Hall–Kier alpha value is -3.34. The van der Waals surface area contributed by atoms with Crippen molar-refractivity contribution in [2.45, 2.75) is 32.6 Å². The van der Waals surface area contributed by atoms with Gasteiger partial charge in [0.2, 0.25) is 0 Å². The van der Waals surface area contributed by atoms with Crippen molar-refractivity contribution in [3.8, 4) is 5.69 Å². The molecule has 0 fully saturated rings. The molecule has 2 aromatic carbocycles. The average Bonchev–Trinajstić information content (AvgIpc) is 3.44. The molecule has 5 heteroatoms. The molecule has 29 heavy (non-hydrogen) atoms. The van der Waals surface area contributed by atoms with Crippen LogP contribution in [0.1, 0.15) is 39.3 Å². The molecule has 5 rings (SSSR count). The lowest BCUT2D eigenvalue weighted by atomic mass is 10.1. The molecule has 0 spiro atoms. The monoisotopic (exact) mass is 384 g/mol. The zero-order chi connectivity index (χ0) is 19.8. The minimum atomic E-state index is -0.0738. The smallest absolute Gasteiger partial charge is 0.272 e. The number of nitrogens with zero attached hydrogens (tertiary/aromatic N) is 2. The molecule has 4 aromatic rings. The van der Waals surface area contributed by atoms with Gasteiger partial charge < -0.3 is 10.3 Å². The number of hydrogen-bond donors (Lipinski definition) is 2. The maximum absolute atomic E-state index is 12.9. The fraction of sp³-hybridized carbons (Fsp3) is 0.250. The zero-order valence-corrected chi connectivity index (χ0v) is 16.5. The van der Waals surface area contributed by atoms with E-state index in [9.17, 15) is 4.79 Å². The number of carbonyl (C=O) groups excluding carboxylic acids is 1. The van der Waals surface area contributed by atoms with E-state index in [-0.39, 0.29) is 5.91 Å². The SMILES string of the molecule is Cc1ccccc1-n1nc(C(=O)NCCc2c[nH]c3ccccc23)c2c1CCC2. The van der Waals surface area contributed by atoms with Crippen LogP contribution in [-0.2, 0) is 19.3 Å². The van der Waals surface area contributed by atoms with Gasteiger partial charge in [0, 0.05) is 34.9 Å². The van der Waals surface area contributed by atoms with Crippen LogP contribution >= 0.6 is 0 Å². The van der Waals surface area contributed by atoms with Crippen LogP contribution in [0.15, 0.2) is 54.7 Å². The zero-order valence-electron chi connectivity index (χ0n) is 16.5. The number of carbonyl (C=O) groups is 1. The van der Waals surface area contributed by atoms with Crippen molar-refractivity contribution >= 4 is 16.8 Å². The van der Waals surface area contributed by atoms with E-state index >= 15 is 0 Å². The third-order valence-electron chi connectivity index (χ3n) is 5.84. The summed E-state index contributed by atoms with van der Waals surface area (Å²) in [5.74, 6) is -0.0738. The van der Waals surface area contributed by atoms with Crippen LogP contribution < -0.4 is 5.32 Å². The molecular formula is C24H24N4O. The van der Waals surface area contributed by atoms with Gasteiger partial charge in [0.25, 0.3) is 5.91 Å². The van der Waals surface area contributed by atoms with Gasteiger partial charge in [0.05, 0.1) is 5.69 Å². The number of H-pyrrole nitrogens is 1. The lowest BCUT2D eigenvalue weighted by Crippen LogP contribution is -2.27. The minimum absolute atomic E-state index is 0.0738. The highest BCUT2D eigenvalue weighted by Gasteiger charge is 2.27. The third kappa shape index (κ3) is 3.12. The van der Waals surface area contributed by atoms with Crippen LogP contribution in [0.2, 0.25) is 0 Å². The number of aryl methyl sites for hydroxylation is 1. The second-order valence-electron chi connectivity index (χ2n) is 7.69. The van der Waals surface area contributed by atoms with Gasteiger partial charge in [-0.15, -0.1) is 0 Å². The van der Waals surface area contributed by atoms with E-state index < -0.39 is 0 Å². The van der Waals surface area contributed by atoms with E-state index in [0.717, 1.165) is 48.0 Å². The minimum Gasteiger partial charge on any atom is -0.361 e. The molecule has 5 nitrogen and oxygen atoms in total. The van der Waals surface area contributed by atoms with E-state index in [1.165, 1.54) is 16.6 Å². The first-order chi connectivity index (χ1) is 14.2. The Morgan fingerprint density at radius 2 is 1.97 bits per heavy atom. The van der Waals surface area contributed by atoms with Gasteiger partial charge in [-0.25, -0.2) is 4.68 Å². The molecule has 0 unspecified atom stereocenters. The fourth-order valence-electron chi connectivity index (χ4n) is 4.35. The number of rotatable bonds is 5. The number of benzene rings is 2. The average molecular weight is 384 g/mol. The van der Waals surface area contributed by atoms with E-state index in [1.54, 1.807) is 0 Å². The normalized spacial score (nSPS) is 13.0. The van der Waals surface area contributed by atoms with Crippen LogP contribution in [0, 0.1) is 6.92 Å². The maximum Gasteiger partial charge on any atom is 0.272 e. The first-order valence-electron chi connectivity index (χ1n) is 10.2. The Morgan fingerprint density at radius 1 is 1.14 bits per heavy atom. The van der Waals surface area contributed by atoms with Crippen LogP contribution in [0.5, 0.6) is 0 Å². The number of nitrogens with one attached hydrogen (secondary N) is 2. The molecule has 0 bridgehead atoms. The van der Waals surface area contributed by atoms with Crippen molar-refractivity contribution in [3.05, 3.63) is 82.8 Å². The van der Waals surface area contributed by atoms with Gasteiger partial charge in [-0.1, -0.05) is 36.4 Å². The van der Waals surface area contributed by atoms with E-state index in [2.05, 4.69) is 41.5 Å². The molecular weight excluding hydrogens is 360 g/mol. The lowest BCUT2D eigenvalue weighted by molar-refractivity contribution is 0.0948. The Kier molecular flexibility index (Phi) is 4.43. The number of hydrogen-bond acceptors (Lipinski definition) is 2. The molecule has 1 aliphatic carbocycles. The Morgan fingerprint density at radius 3 is 2.86 bits per heavy atom. The first-order valence-corrected chi connectivity index (χ1v) is 10.2. The first kappa shape index (κ1) is 17.7. The second-order valence-corrected chi connectivity index (χ2v) is 7.69. The number of para-hydroxylation sites is 2. The van der Waals surface area contributed by atoms with Crippen molar-refractivity contribution < 1.29 is 4.79 Å². The van der Waals surface area contributed by atoms with E-state index in [4.69, 9.17) is 5.10 Å². The quantitative estimate of drug-likeness (QED) is 0.544. The molecule has 0 saturated heterocycles. The molecule has 2 aromatic heterocycles. The maximum atomic E-state index is 12.9. The van der Waals surface area contributed by atoms with Crippen LogP contribution in [-0.4, -0.2) is 27.2 Å². The summed E-state index contributed by atoms with van der Waals surface area (Å²) < 4.78 is 1.98. The highest BCUT2D eigenvalue weighted by molar-refractivity contribution is 5.94. The topological polar surface area (TPSA) is 62.7 Å². The Labute approximate surface area is 169 Å². The summed E-state index contributed by atoms with van der Waals surface area (Å²) in [7, 11) is 0. The highest BCUT2D eigenvalue weighted by Crippen LogP contribution is 2.28. The van der Waals surface area contributed by atoms with Gasteiger partial charge >= 0.3 is 0 Å². The van der Waals surface area contributed by atoms with E-state index in [0.29, 0.717) is 12.2 Å². The summed E-state index contributed by atoms with van der Waals surface area (Å²) in [6.07, 6.45) is 5.79.